The van der Waals surface area contributed by atoms with E-state index in [1.54, 1.807) is 29.7 Å². The van der Waals surface area contributed by atoms with Crippen molar-refractivity contribution in [2.75, 3.05) is 11.5 Å². The third kappa shape index (κ3) is 3.43. The number of amides is 1. The van der Waals surface area contributed by atoms with Gasteiger partial charge in [-0.15, -0.1) is 23.5 Å². The maximum Gasteiger partial charge on any atom is 0.268 e. The van der Waals surface area contributed by atoms with Crippen molar-refractivity contribution in [2.45, 2.75) is 23.6 Å². The molecule has 1 amide bonds. The summed E-state index contributed by atoms with van der Waals surface area (Å²) in [6.45, 7) is 4.12. The summed E-state index contributed by atoms with van der Waals surface area (Å²) in [6.07, 6.45) is 1.70. The summed E-state index contributed by atoms with van der Waals surface area (Å²) < 4.78 is 0. The number of rotatable bonds is 5. The van der Waals surface area contributed by atoms with Crippen molar-refractivity contribution in [3.05, 3.63) is 18.0 Å². The van der Waals surface area contributed by atoms with Crippen molar-refractivity contribution in [3.63, 3.8) is 0 Å². The van der Waals surface area contributed by atoms with Crippen LogP contribution in [-0.2, 0) is 0 Å². The van der Waals surface area contributed by atoms with Gasteiger partial charge in [0, 0.05) is 16.0 Å². The molecule has 0 aliphatic carbocycles. The molecule has 2 N–H and O–H groups in total. The molecule has 0 aliphatic rings. The first-order valence-electron chi connectivity index (χ1n) is 4.74. The molecule has 82 valence electrons. The number of aromatic nitrogens is 1. The second-order valence-electron chi connectivity index (χ2n) is 2.75. The van der Waals surface area contributed by atoms with Crippen LogP contribution in [-0.4, -0.2) is 22.4 Å². The Balaban J connectivity index is 3.03. The highest BCUT2D eigenvalue weighted by Gasteiger charge is 2.10. The van der Waals surface area contributed by atoms with E-state index in [0.29, 0.717) is 5.69 Å². The zero-order valence-electron chi connectivity index (χ0n) is 8.82. The van der Waals surface area contributed by atoms with Gasteiger partial charge in [0.05, 0.1) is 0 Å². The summed E-state index contributed by atoms with van der Waals surface area (Å²) in [7, 11) is 0. The van der Waals surface area contributed by atoms with Crippen LogP contribution in [0.25, 0.3) is 0 Å². The number of thioether (sulfide) groups is 2. The Hall–Kier alpha value is -0.680. The van der Waals surface area contributed by atoms with Gasteiger partial charge in [0.1, 0.15) is 5.69 Å². The van der Waals surface area contributed by atoms with Crippen LogP contribution < -0.4 is 5.73 Å². The molecule has 0 saturated carbocycles. The largest absolute Gasteiger partial charge is 0.364 e. The smallest absolute Gasteiger partial charge is 0.268 e. The number of nitrogens with zero attached hydrogens (tertiary/aromatic N) is 1. The average Bonchev–Trinajstić information content (AvgIpc) is 2.18. The Kier molecular flexibility index (Phi) is 4.98. The van der Waals surface area contributed by atoms with Crippen molar-refractivity contribution in [3.8, 4) is 0 Å². The molecule has 1 aromatic heterocycles. The van der Waals surface area contributed by atoms with Gasteiger partial charge in [0.2, 0.25) is 0 Å². The number of primary amides is 1. The summed E-state index contributed by atoms with van der Waals surface area (Å²) >= 11 is 3.30. The molecule has 5 heteroatoms. The molecule has 0 fully saturated rings. The van der Waals surface area contributed by atoms with Gasteiger partial charge in [0.25, 0.3) is 5.91 Å². The maximum atomic E-state index is 11.1. The fourth-order valence-electron chi connectivity index (χ4n) is 1.12. The van der Waals surface area contributed by atoms with Crippen molar-refractivity contribution >= 4 is 29.4 Å². The Morgan fingerprint density at radius 1 is 1.40 bits per heavy atom. The number of carbonyl (C=O) groups excluding carboxylic acids is 1. The lowest BCUT2D eigenvalue weighted by Gasteiger charge is -2.06. The van der Waals surface area contributed by atoms with Gasteiger partial charge in [0.15, 0.2) is 0 Å². The van der Waals surface area contributed by atoms with Crippen molar-refractivity contribution in [1.29, 1.82) is 0 Å². The van der Waals surface area contributed by atoms with Crippen molar-refractivity contribution in [1.82, 2.24) is 4.98 Å². The van der Waals surface area contributed by atoms with E-state index in [2.05, 4.69) is 11.9 Å². The van der Waals surface area contributed by atoms with E-state index in [1.807, 2.05) is 13.0 Å². The Bertz CT molecular complexity index is 355. The molecule has 0 bridgehead atoms. The molecule has 1 heterocycles. The van der Waals surface area contributed by atoms with Crippen molar-refractivity contribution < 1.29 is 4.79 Å². The van der Waals surface area contributed by atoms with Gasteiger partial charge in [-0.3, -0.25) is 4.79 Å². The SMILES string of the molecule is CCSc1cnc(C(N)=O)c(SCC)c1. The fourth-order valence-corrected chi connectivity index (χ4v) is 2.67. The molecule has 0 unspecified atom stereocenters. The van der Waals surface area contributed by atoms with Gasteiger partial charge in [-0.1, -0.05) is 13.8 Å². The minimum absolute atomic E-state index is 0.377. The number of carbonyl (C=O) groups is 1. The van der Waals surface area contributed by atoms with Gasteiger partial charge in [-0.25, -0.2) is 4.98 Å². The molecule has 0 radical (unpaired) electrons. The van der Waals surface area contributed by atoms with E-state index in [-0.39, 0.29) is 0 Å². The molecular weight excluding hydrogens is 228 g/mol. The maximum absolute atomic E-state index is 11.1. The highest BCUT2D eigenvalue weighted by molar-refractivity contribution is 8.00. The van der Waals surface area contributed by atoms with Crippen LogP contribution in [0.4, 0.5) is 0 Å². The van der Waals surface area contributed by atoms with Gasteiger partial charge >= 0.3 is 0 Å². The molecule has 0 atom stereocenters. The van der Waals surface area contributed by atoms with Crippen LogP contribution in [0.15, 0.2) is 22.1 Å². The highest BCUT2D eigenvalue weighted by atomic mass is 32.2. The first-order chi connectivity index (χ1) is 7.19. The number of hydrogen-bond acceptors (Lipinski definition) is 4. The highest BCUT2D eigenvalue weighted by Crippen LogP contribution is 2.26. The molecule has 0 aliphatic heterocycles. The third-order valence-corrected chi connectivity index (χ3v) is 3.43. The summed E-state index contributed by atoms with van der Waals surface area (Å²) in [4.78, 5) is 17.2. The standard InChI is InChI=1S/C10H14N2OS2/c1-3-14-7-5-8(15-4-2)9(10(11)13)12-6-7/h5-6H,3-4H2,1-2H3,(H2,11,13). The molecule has 1 rings (SSSR count). The topological polar surface area (TPSA) is 56.0 Å². The minimum atomic E-state index is -0.459. The Labute approximate surface area is 98.2 Å². The monoisotopic (exact) mass is 242 g/mol. The van der Waals surface area contributed by atoms with E-state index >= 15 is 0 Å². The van der Waals surface area contributed by atoms with Gasteiger partial charge in [-0.2, -0.15) is 0 Å². The van der Waals surface area contributed by atoms with E-state index < -0.39 is 5.91 Å². The lowest BCUT2D eigenvalue weighted by molar-refractivity contribution is 0.0992. The van der Waals surface area contributed by atoms with Crippen LogP contribution in [0.2, 0.25) is 0 Å². The summed E-state index contributed by atoms with van der Waals surface area (Å²) in [5.41, 5.74) is 5.62. The molecule has 15 heavy (non-hydrogen) atoms. The predicted molar refractivity (Wildman–Crippen MR) is 65.6 cm³/mol. The second-order valence-corrected chi connectivity index (χ2v) is 5.39. The third-order valence-electron chi connectivity index (χ3n) is 1.67. The second kappa shape index (κ2) is 6.02. The van der Waals surface area contributed by atoms with E-state index in [1.165, 1.54) is 0 Å². The number of nitrogens with two attached hydrogens (primary N) is 1. The van der Waals surface area contributed by atoms with E-state index in [0.717, 1.165) is 21.3 Å². The molecular formula is C10H14N2OS2. The van der Waals surface area contributed by atoms with Crippen LogP contribution in [0.3, 0.4) is 0 Å². The number of hydrogen-bond donors (Lipinski definition) is 1. The van der Waals surface area contributed by atoms with E-state index in [9.17, 15) is 4.79 Å². The van der Waals surface area contributed by atoms with Crippen LogP contribution in [0.1, 0.15) is 24.3 Å². The minimum Gasteiger partial charge on any atom is -0.364 e. The lowest BCUT2D eigenvalue weighted by atomic mass is 10.3. The fraction of sp³-hybridized carbons (Fsp3) is 0.400. The quantitative estimate of drug-likeness (QED) is 0.806. The van der Waals surface area contributed by atoms with E-state index in [4.69, 9.17) is 5.73 Å². The summed E-state index contributed by atoms with van der Waals surface area (Å²) in [6, 6.07) is 1.98. The predicted octanol–water partition coefficient (Wildman–Crippen LogP) is 2.40. The molecule has 1 aromatic rings. The summed E-state index contributed by atoms with van der Waals surface area (Å²) in [5, 5.41) is 0. The zero-order chi connectivity index (χ0) is 11.3. The normalized spacial score (nSPS) is 10.3. The van der Waals surface area contributed by atoms with Gasteiger partial charge in [-0.05, 0) is 17.6 Å². The van der Waals surface area contributed by atoms with Gasteiger partial charge < -0.3 is 5.73 Å². The molecule has 0 spiro atoms. The summed E-state index contributed by atoms with van der Waals surface area (Å²) in [5.74, 6) is 1.44. The molecule has 3 nitrogen and oxygen atoms in total. The lowest BCUT2D eigenvalue weighted by Crippen LogP contribution is -2.14. The molecule has 0 aromatic carbocycles. The van der Waals surface area contributed by atoms with Crippen LogP contribution in [0, 0.1) is 0 Å². The zero-order valence-corrected chi connectivity index (χ0v) is 10.5. The first-order valence-corrected chi connectivity index (χ1v) is 6.71. The van der Waals surface area contributed by atoms with Crippen LogP contribution in [0.5, 0.6) is 0 Å². The molecule has 0 saturated heterocycles. The Morgan fingerprint density at radius 2 is 2.07 bits per heavy atom. The Morgan fingerprint density at radius 3 is 2.60 bits per heavy atom. The number of pyridine rings is 1. The average molecular weight is 242 g/mol. The first kappa shape index (κ1) is 12.4. The van der Waals surface area contributed by atoms with Crippen molar-refractivity contribution in [2.24, 2.45) is 5.73 Å². The van der Waals surface area contributed by atoms with Crippen LogP contribution >= 0.6 is 23.5 Å².